The van der Waals surface area contributed by atoms with Crippen molar-refractivity contribution in [2.45, 2.75) is 30.4 Å². The first-order valence-corrected chi connectivity index (χ1v) is 11.7. The van der Waals surface area contributed by atoms with E-state index < -0.39 is 16.2 Å². The number of ether oxygens (including phenoxy) is 1. The smallest absolute Gasteiger partial charge is 0.233 e. The van der Waals surface area contributed by atoms with E-state index in [4.69, 9.17) is 4.74 Å². The Bertz CT molecular complexity index is 1260. The molecule has 3 aromatic carbocycles. The maximum Gasteiger partial charge on any atom is 0.233 e. The zero-order chi connectivity index (χ0) is 22.4. The molecular weight excluding hydrogens is 429 g/mol. The largest absolute Gasteiger partial charge is 0.508 e. The fourth-order valence-corrected chi connectivity index (χ4v) is 6.10. The van der Waals surface area contributed by atoms with Crippen LogP contribution in [0.5, 0.6) is 11.5 Å². The van der Waals surface area contributed by atoms with Crippen molar-refractivity contribution in [2.24, 2.45) is 0 Å². The number of amides is 1. The van der Waals surface area contributed by atoms with Crippen molar-refractivity contribution < 1.29 is 23.2 Å². The molecule has 0 aromatic heterocycles. The molecule has 7 heteroatoms. The van der Waals surface area contributed by atoms with Crippen molar-refractivity contribution >= 4 is 16.9 Å². The Labute approximate surface area is 187 Å². The van der Waals surface area contributed by atoms with Gasteiger partial charge < -0.3 is 9.84 Å². The summed E-state index contributed by atoms with van der Waals surface area (Å²) in [6, 6.07) is 16.1. The molecule has 164 valence electrons. The van der Waals surface area contributed by atoms with Crippen LogP contribution in [0, 0.1) is 5.82 Å². The Balaban J connectivity index is 1.53. The van der Waals surface area contributed by atoms with Gasteiger partial charge in [0.05, 0.1) is 17.9 Å². The molecule has 1 amide bonds. The van der Waals surface area contributed by atoms with Crippen molar-refractivity contribution in [1.82, 2.24) is 4.72 Å². The number of aromatic hydroxyl groups is 1. The lowest BCUT2D eigenvalue weighted by molar-refractivity contribution is -0.118. The fraction of sp³-hybridized carbons (Fsp3) is 0.240. The summed E-state index contributed by atoms with van der Waals surface area (Å²) >= 11 is 0. The van der Waals surface area contributed by atoms with Crippen LogP contribution in [-0.2, 0) is 22.2 Å². The molecule has 0 radical (unpaired) electrons. The molecule has 5 rings (SSSR count). The van der Waals surface area contributed by atoms with E-state index in [1.807, 2.05) is 24.3 Å². The quantitative estimate of drug-likeness (QED) is 0.612. The number of hydrogen-bond donors (Lipinski definition) is 2. The molecule has 5 nitrogen and oxygen atoms in total. The Morgan fingerprint density at radius 1 is 1.12 bits per heavy atom. The van der Waals surface area contributed by atoms with Crippen molar-refractivity contribution in [3.05, 3.63) is 82.7 Å². The first kappa shape index (κ1) is 20.7. The summed E-state index contributed by atoms with van der Waals surface area (Å²) in [4.78, 5) is 11.6. The second kappa shape index (κ2) is 8.06. The molecule has 1 heterocycles. The van der Waals surface area contributed by atoms with Crippen LogP contribution in [0.4, 0.5) is 4.39 Å². The SMILES string of the molecule is COc1cccc(F)c1-c1cccc2c1CC[C@@H]2c1ccc(C2CC(=O)NS2=O)c(O)c1. The minimum Gasteiger partial charge on any atom is -0.508 e. The number of benzene rings is 3. The van der Waals surface area contributed by atoms with Crippen LogP contribution in [0.3, 0.4) is 0 Å². The number of fused-ring (bicyclic) bond motifs is 1. The molecule has 2 unspecified atom stereocenters. The zero-order valence-corrected chi connectivity index (χ0v) is 18.2. The average molecular weight is 452 g/mol. The van der Waals surface area contributed by atoms with Gasteiger partial charge in [0, 0.05) is 17.9 Å². The highest BCUT2D eigenvalue weighted by Gasteiger charge is 2.34. The van der Waals surface area contributed by atoms with Crippen LogP contribution in [-0.4, -0.2) is 22.3 Å². The Kier molecular flexibility index (Phi) is 5.21. The van der Waals surface area contributed by atoms with Crippen molar-refractivity contribution in [1.29, 1.82) is 0 Å². The van der Waals surface area contributed by atoms with Gasteiger partial charge in [-0.25, -0.2) is 8.60 Å². The second-order valence-electron chi connectivity index (χ2n) is 8.12. The molecule has 2 N–H and O–H groups in total. The average Bonchev–Trinajstić information content (AvgIpc) is 3.36. The number of phenolic OH excluding ortho intramolecular Hbond substituents is 1. The van der Waals surface area contributed by atoms with Crippen LogP contribution in [0.15, 0.2) is 54.6 Å². The van der Waals surface area contributed by atoms with Gasteiger partial charge in [-0.3, -0.25) is 9.52 Å². The van der Waals surface area contributed by atoms with Crippen LogP contribution in [0.25, 0.3) is 11.1 Å². The Hall–Kier alpha value is -3.19. The van der Waals surface area contributed by atoms with Gasteiger partial charge in [-0.05, 0) is 53.3 Å². The number of phenols is 1. The molecule has 0 bridgehead atoms. The van der Waals surface area contributed by atoms with E-state index in [0.717, 1.165) is 35.1 Å². The van der Waals surface area contributed by atoms with Gasteiger partial charge in [-0.2, -0.15) is 0 Å². The highest BCUT2D eigenvalue weighted by molar-refractivity contribution is 7.84. The van der Waals surface area contributed by atoms with Crippen LogP contribution in [0.2, 0.25) is 0 Å². The summed E-state index contributed by atoms with van der Waals surface area (Å²) in [5.41, 5.74) is 4.91. The van der Waals surface area contributed by atoms with Gasteiger partial charge in [0.2, 0.25) is 5.91 Å². The number of rotatable bonds is 4. The number of hydrogen-bond acceptors (Lipinski definition) is 4. The van der Waals surface area contributed by atoms with E-state index in [9.17, 15) is 18.5 Å². The third kappa shape index (κ3) is 3.37. The molecule has 1 saturated heterocycles. The van der Waals surface area contributed by atoms with E-state index in [1.165, 1.54) is 13.2 Å². The fourth-order valence-electron chi connectivity index (χ4n) is 4.91. The van der Waals surface area contributed by atoms with Gasteiger partial charge in [0.25, 0.3) is 0 Å². The van der Waals surface area contributed by atoms with Gasteiger partial charge >= 0.3 is 0 Å². The second-order valence-corrected chi connectivity index (χ2v) is 9.48. The molecule has 3 aromatic rings. The molecule has 1 aliphatic heterocycles. The molecule has 3 atom stereocenters. The van der Waals surface area contributed by atoms with Crippen LogP contribution >= 0.6 is 0 Å². The predicted octanol–water partition coefficient (Wildman–Crippen LogP) is 4.51. The van der Waals surface area contributed by atoms with E-state index in [0.29, 0.717) is 16.9 Å². The highest BCUT2D eigenvalue weighted by atomic mass is 32.2. The van der Waals surface area contributed by atoms with E-state index in [2.05, 4.69) is 4.72 Å². The van der Waals surface area contributed by atoms with Gasteiger partial charge in [0.1, 0.15) is 28.3 Å². The van der Waals surface area contributed by atoms with E-state index in [-0.39, 0.29) is 29.8 Å². The maximum atomic E-state index is 14.7. The van der Waals surface area contributed by atoms with Gasteiger partial charge in [-0.1, -0.05) is 36.4 Å². The lowest BCUT2D eigenvalue weighted by atomic mass is 9.89. The Morgan fingerprint density at radius 3 is 2.66 bits per heavy atom. The van der Waals surface area contributed by atoms with Crippen LogP contribution in [0.1, 0.15) is 46.3 Å². The van der Waals surface area contributed by atoms with Gasteiger partial charge in [-0.15, -0.1) is 0 Å². The van der Waals surface area contributed by atoms with E-state index in [1.54, 1.807) is 24.3 Å². The van der Waals surface area contributed by atoms with Crippen LogP contribution < -0.4 is 9.46 Å². The summed E-state index contributed by atoms with van der Waals surface area (Å²) in [6.45, 7) is 0. The van der Waals surface area contributed by atoms with Gasteiger partial charge in [0.15, 0.2) is 0 Å². The third-order valence-electron chi connectivity index (χ3n) is 6.38. The van der Waals surface area contributed by atoms with Crippen molar-refractivity contribution in [3.8, 4) is 22.6 Å². The summed E-state index contributed by atoms with van der Waals surface area (Å²) in [7, 11) is 0.00320. The zero-order valence-electron chi connectivity index (χ0n) is 17.4. The van der Waals surface area contributed by atoms with E-state index >= 15 is 0 Å². The summed E-state index contributed by atoms with van der Waals surface area (Å²) < 4.78 is 34.7. The Morgan fingerprint density at radius 2 is 1.94 bits per heavy atom. The molecular formula is C25H22FNO4S. The minimum absolute atomic E-state index is 0.0396. The maximum absolute atomic E-state index is 14.7. The number of carbonyl (C=O) groups is 1. The van der Waals surface area contributed by atoms with Crippen molar-refractivity contribution in [3.63, 3.8) is 0 Å². The number of halogens is 1. The lowest BCUT2D eigenvalue weighted by Gasteiger charge is -2.17. The first-order chi connectivity index (χ1) is 15.5. The molecule has 1 fully saturated rings. The third-order valence-corrected chi connectivity index (χ3v) is 7.75. The molecule has 32 heavy (non-hydrogen) atoms. The first-order valence-electron chi connectivity index (χ1n) is 10.5. The number of nitrogens with one attached hydrogen (secondary N) is 1. The summed E-state index contributed by atoms with van der Waals surface area (Å²) in [5, 5.41) is 10.1. The molecule has 0 saturated carbocycles. The number of methoxy groups -OCH3 is 1. The summed E-state index contributed by atoms with van der Waals surface area (Å²) in [5.74, 6) is -0.0145. The van der Waals surface area contributed by atoms with Crippen molar-refractivity contribution in [2.75, 3.05) is 7.11 Å². The standard InChI is InChI=1S/C25H22FNO4S/c1-31-22-7-3-6-20(26)25(22)18-5-2-4-16-15(10-11-17(16)18)14-8-9-19(21(28)12-14)23-13-24(29)27-32(23)30/h2-9,12,15,23,28H,10-11,13H2,1H3,(H,27,29)/t15-,23?,32?/m1/s1. The molecule has 0 spiro atoms. The number of carbonyl (C=O) groups excluding carboxylic acids is 1. The molecule has 2 aliphatic rings. The molecule has 1 aliphatic carbocycles. The minimum atomic E-state index is -1.53. The summed E-state index contributed by atoms with van der Waals surface area (Å²) in [6.07, 6.45) is 1.71. The highest BCUT2D eigenvalue weighted by Crippen LogP contribution is 2.46. The monoisotopic (exact) mass is 451 g/mol. The predicted molar refractivity (Wildman–Crippen MR) is 120 cm³/mol. The lowest BCUT2D eigenvalue weighted by Crippen LogP contribution is -2.15. The topological polar surface area (TPSA) is 75.6 Å². The normalized spacial score (nSPS) is 21.9.